The number of nitrogens with one attached hydrogen (secondary N) is 2. The van der Waals surface area contributed by atoms with Crippen LogP contribution in [0, 0.1) is 0 Å². The van der Waals surface area contributed by atoms with Crippen molar-refractivity contribution >= 4 is 11.8 Å². The van der Waals surface area contributed by atoms with Crippen LogP contribution in [0.3, 0.4) is 0 Å². The number of benzene rings is 2. The van der Waals surface area contributed by atoms with E-state index in [1.807, 2.05) is 42.5 Å². The maximum Gasteiger partial charge on any atom is 0.251 e. The predicted molar refractivity (Wildman–Crippen MR) is 105 cm³/mol. The van der Waals surface area contributed by atoms with Crippen molar-refractivity contribution in [2.75, 3.05) is 13.2 Å². The van der Waals surface area contributed by atoms with E-state index in [0.717, 1.165) is 37.0 Å². The van der Waals surface area contributed by atoms with Gasteiger partial charge in [-0.1, -0.05) is 42.8 Å². The Morgan fingerprint density at radius 1 is 0.963 bits per heavy atom. The molecule has 2 N–H and O–H groups in total. The maximum atomic E-state index is 12.2. The molecule has 2 amide bonds. The molecule has 0 spiro atoms. The number of unbranched alkanes of at least 4 members (excludes halogenated alkanes) is 2. The van der Waals surface area contributed by atoms with E-state index >= 15 is 0 Å². The van der Waals surface area contributed by atoms with Crippen LogP contribution in [-0.2, 0) is 4.79 Å². The molecule has 0 aliphatic carbocycles. The number of hydrogen-bond acceptors (Lipinski definition) is 3. The number of carbonyl (C=O) groups is 2. The van der Waals surface area contributed by atoms with Gasteiger partial charge in [-0.15, -0.1) is 0 Å². The summed E-state index contributed by atoms with van der Waals surface area (Å²) in [5.41, 5.74) is 1.73. The van der Waals surface area contributed by atoms with E-state index < -0.39 is 0 Å². The highest BCUT2D eigenvalue weighted by molar-refractivity contribution is 5.94. The van der Waals surface area contributed by atoms with Gasteiger partial charge in [0.1, 0.15) is 5.75 Å². The fourth-order valence-electron chi connectivity index (χ4n) is 3.24. The summed E-state index contributed by atoms with van der Waals surface area (Å²) < 4.78 is 5.63. The first-order chi connectivity index (χ1) is 13.2. The molecule has 1 aliphatic rings. The van der Waals surface area contributed by atoms with E-state index in [4.69, 9.17) is 4.74 Å². The van der Waals surface area contributed by atoms with Crippen LogP contribution >= 0.6 is 0 Å². The second kappa shape index (κ2) is 9.76. The molecule has 142 valence electrons. The van der Waals surface area contributed by atoms with Crippen LogP contribution in [0.15, 0.2) is 54.6 Å². The Morgan fingerprint density at radius 2 is 1.74 bits per heavy atom. The Kier molecular flexibility index (Phi) is 6.85. The molecule has 0 fully saturated rings. The molecule has 1 aliphatic heterocycles. The van der Waals surface area contributed by atoms with E-state index in [1.165, 1.54) is 0 Å². The molecule has 0 aromatic heterocycles. The van der Waals surface area contributed by atoms with Crippen molar-refractivity contribution in [3.05, 3.63) is 65.7 Å². The van der Waals surface area contributed by atoms with Gasteiger partial charge in [-0.2, -0.15) is 0 Å². The lowest BCUT2D eigenvalue weighted by molar-refractivity contribution is -0.122. The van der Waals surface area contributed by atoms with Crippen molar-refractivity contribution in [3.63, 3.8) is 0 Å². The molecule has 5 nitrogen and oxygen atoms in total. The molecule has 1 atom stereocenters. The quantitative estimate of drug-likeness (QED) is 0.701. The third-order valence-corrected chi connectivity index (χ3v) is 4.70. The first-order valence-corrected chi connectivity index (χ1v) is 9.58. The summed E-state index contributed by atoms with van der Waals surface area (Å²) >= 11 is 0. The Morgan fingerprint density at radius 3 is 2.59 bits per heavy atom. The second-order valence-electron chi connectivity index (χ2n) is 6.73. The summed E-state index contributed by atoms with van der Waals surface area (Å²) in [7, 11) is 0. The van der Waals surface area contributed by atoms with E-state index in [2.05, 4.69) is 10.6 Å². The molecule has 0 saturated carbocycles. The summed E-state index contributed by atoms with van der Waals surface area (Å²) in [6.07, 6.45) is 3.90. The van der Waals surface area contributed by atoms with Crippen LogP contribution < -0.4 is 15.4 Å². The molecule has 27 heavy (non-hydrogen) atoms. The Bertz CT molecular complexity index is 761. The van der Waals surface area contributed by atoms with Crippen LogP contribution in [0.25, 0.3) is 0 Å². The first kappa shape index (κ1) is 19.0. The maximum absolute atomic E-state index is 12.2. The Hall–Kier alpha value is -2.82. The van der Waals surface area contributed by atoms with Gasteiger partial charge in [0.05, 0.1) is 12.6 Å². The third kappa shape index (κ3) is 5.58. The monoisotopic (exact) mass is 366 g/mol. The number of ether oxygens (including phenoxy) is 1. The average molecular weight is 366 g/mol. The molecule has 1 heterocycles. The molecule has 1 unspecified atom stereocenters. The van der Waals surface area contributed by atoms with E-state index in [0.29, 0.717) is 25.1 Å². The standard InChI is InChI=1S/C22H26N2O3/c25-21(24-19-14-16-27-20-12-7-6-11-18(19)20)13-5-2-8-15-23-22(26)17-9-3-1-4-10-17/h1,3-4,6-7,9-12,19H,2,5,8,13-16H2,(H,23,26)(H,24,25). The first-order valence-electron chi connectivity index (χ1n) is 9.58. The summed E-state index contributed by atoms with van der Waals surface area (Å²) in [6.45, 7) is 1.26. The highest BCUT2D eigenvalue weighted by Gasteiger charge is 2.22. The minimum absolute atomic E-state index is 0.0348. The van der Waals surface area contributed by atoms with Gasteiger partial charge in [-0.25, -0.2) is 0 Å². The molecular weight excluding hydrogens is 340 g/mol. The number of para-hydroxylation sites is 1. The summed E-state index contributed by atoms with van der Waals surface area (Å²) in [5, 5.41) is 6.03. The lowest BCUT2D eigenvalue weighted by atomic mass is 10.0. The summed E-state index contributed by atoms with van der Waals surface area (Å²) in [6, 6.07) is 17.1. The van der Waals surface area contributed by atoms with Crippen LogP contribution in [0.1, 0.15) is 54.1 Å². The SMILES string of the molecule is O=C(CCCCCNC(=O)c1ccccc1)NC1CCOc2ccccc21. The lowest BCUT2D eigenvalue weighted by Crippen LogP contribution is -2.32. The lowest BCUT2D eigenvalue weighted by Gasteiger charge is -2.26. The minimum Gasteiger partial charge on any atom is -0.493 e. The van der Waals surface area contributed by atoms with Crippen LogP contribution in [0.4, 0.5) is 0 Å². The largest absolute Gasteiger partial charge is 0.493 e. The number of rotatable bonds is 8. The molecule has 2 aromatic carbocycles. The van der Waals surface area contributed by atoms with Crippen molar-refractivity contribution in [1.82, 2.24) is 10.6 Å². The van der Waals surface area contributed by atoms with Crippen molar-refractivity contribution in [1.29, 1.82) is 0 Å². The van der Waals surface area contributed by atoms with Crippen LogP contribution in [0.2, 0.25) is 0 Å². The minimum atomic E-state index is -0.0495. The summed E-state index contributed by atoms with van der Waals surface area (Å²) in [4.78, 5) is 24.1. The van der Waals surface area contributed by atoms with Gasteiger partial charge in [0, 0.05) is 30.5 Å². The topological polar surface area (TPSA) is 67.4 Å². The van der Waals surface area contributed by atoms with E-state index in [1.54, 1.807) is 12.1 Å². The normalized spacial score (nSPS) is 15.3. The molecular formula is C22H26N2O3. The third-order valence-electron chi connectivity index (χ3n) is 4.70. The second-order valence-corrected chi connectivity index (χ2v) is 6.73. The highest BCUT2D eigenvalue weighted by Crippen LogP contribution is 2.31. The molecule has 0 saturated heterocycles. The fraction of sp³-hybridized carbons (Fsp3) is 0.364. The van der Waals surface area contributed by atoms with Crippen LogP contribution in [-0.4, -0.2) is 25.0 Å². The molecule has 5 heteroatoms. The smallest absolute Gasteiger partial charge is 0.251 e. The Balaban J connectivity index is 1.31. The van der Waals surface area contributed by atoms with Crippen molar-refractivity contribution in [2.24, 2.45) is 0 Å². The van der Waals surface area contributed by atoms with Crippen LogP contribution in [0.5, 0.6) is 5.75 Å². The number of fused-ring (bicyclic) bond motifs is 1. The van der Waals surface area contributed by atoms with Gasteiger partial charge in [0.25, 0.3) is 5.91 Å². The van der Waals surface area contributed by atoms with Gasteiger partial charge in [0.2, 0.25) is 5.91 Å². The van der Waals surface area contributed by atoms with Crippen molar-refractivity contribution in [3.8, 4) is 5.75 Å². The average Bonchev–Trinajstić information content (AvgIpc) is 2.71. The zero-order chi connectivity index (χ0) is 18.9. The highest BCUT2D eigenvalue weighted by atomic mass is 16.5. The summed E-state index contributed by atoms with van der Waals surface area (Å²) in [5.74, 6) is 0.889. The molecule has 2 aromatic rings. The zero-order valence-electron chi connectivity index (χ0n) is 15.4. The number of carbonyl (C=O) groups excluding carboxylic acids is 2. The number of hydrogen-bond donors (Lipinski definition) is 2. The van der Waals surface area contributed by atoms with Gasteiger partial charge < -0.3 is 15.4 Å². The predicted octanol–water partition coefficient (Wildman–Crippen LogP) is 3.62. The Labute approximate surface area is 160 Å². The molecule has 0 radical (unpaired) electrons. The molecule has 3 rings (SSSR count). The molecule has 0 bridgehead atoms. The fourth-order valence-corrected chi connectivity index (χ4v) is 3.24. The number of amides is 2. The van der Waals surface area contributed by atoms with Crippen molar-refractivity contribution in [2.45, 2.75) is 38.1 Å². The van der Waals surface area contributed by atoms with E-state index in [-0.39, 0.29) is 17.9 Å². The van der Waals surface area contributed by atoms with Gasteiger partial charge in [-0.05, 0) is 31.0 Å². The van der Waals surface area contributed by atoms with Gasteiger partial charge >= 0.3 is 0 Å². The zero-order valence-corrected chi connectivity index (χ0v) is 15.4. The van der Waals surface area contributed by atoms with Gasteiger partial charge in [-0.3, -0.25) is 9.59 Å². The van der Waals surface area contributed by atoms with Gasteiger partial charge in [0.15, 0.2) is 0 Å². The van der Waals surface area contributed by atoms with E-state index in [9.17, 15) is 9.59 Å². The van der Waals surface area contributed by atoms with Crippen molar-refractivity contribution < 1.29 is 14.3 Å².